The molecule has 1 fully saturated rings. The Hall–Kier alpha value is -0.220. The van der Waals surface area contributed by atoms with Gasteiger partial charge in [-0.25, -0.2) is 0 Å². The number of rotatable bonds is 2. The van der Waals surface area contributed by atoms with Crippen LogP contribution in [0.1, 0.15) is 33.6 Å². The molecule has 3 nitrogen and oxygen atoms in total. The van der Waals surface area contributed by atoms with E-state index in [9.17, 15) is 4.79 Å². The number of nitrogens with two attached hydrogens (primary N) is 1. The Morgan fingerprint density at radius 3 is 2.67 bits per heavy atom. The lowest BCUT2D eigenvalue weighted by molar-refractivity contribution is -0.125. The van der Waals surface area contributed by atoms with E-state index in [1.54, 1.807) is 0 Å². The van der Waals surface area contributed by atoms with E-state index in [0.29, 0.717) is 6.04 Å². The maximum Gasteiger partial charge on any atom is 0.237 e. The van der Waals surface area contributed by atoms with Crippen LogP contribution in [0.5, 0.6) is 0 Å². The van der Waals surface area contributed by atoms with Crippen LogP contribution in [0.25, 0.3) is 0 Å². The van der Waals surface area contributed by atoms with E-state index in [0.717, 1.165) is 12.2 Å². The molecule has 1 amide bonds. The highest BCUT2D eigenvalue weighted by Crippen LogP contribution is 2.20. The molecule has 1 saturated heterocycles. The predicted molar refractivity (Wildman–Crippen MR) is 65.9 cm³/mol. The van der Waals surface area contributed by atoms with Gasteiger partial charge in [0.2, 0.25) is 5.91 Å². The quantitative estimate of drug-likeness (QED) is 0.753. The van der Waals surface area contributed by atoms with Gasteiger partial charge in [0.15, 0.2) is 0 Å². The third-order valence-corrected chi connectivity index (χ3v) is 3.94. The molecule has 0 aromatic heterocycles. The number of amides is 1. The van der Waals surface area contributed by atoms with Crippen molar-refractivity contribution in [1.29, 1.82) is 0 Å². The summed E-state index contributed by atoms with van der Waals surface area (Å²) in [7, 11) is 0. The minimum absolute atomic E-state index is 0.00463. The lowest BCUT2D eigenvalue weighted by atomic mass is 9.87. The molecule has 1 aliphatic heterocycles. The Bertz CT molecular complexity index is 219. The number of carbonyl (C=O) groups is 1. The summed E-state index contributed by atoms with van der Waals surface area (Å²) in [5, 5.41) is 3.04. The summed E-state index contributed by atoms with van der Waals surface area (Å²) < 4.78 is 0. The normalized spacial score (nSPS) is 24.7. The van der Waals surface area contributed by atoms with Gasteiger partial charge in [0.05, 0.1) is 6.04 Å². The fourth-order valence-corrected chi connectivity index (χ4v) is 2.61. The van der Waals surface area contributed by atoms with Crippen LogP contribution in [0.4, 0.5) is 0 Å². The maximum atomic E-state index is 11.8. The van der Waals surface area contributed by atoms with Crippen molar-refractivity contribution < 1.29 is 4.79 Å². The zero-order chi connectivity index (χ0) is 11.5. The largest absolute Gasteiger partial charge is 0.351 e. The van der Waals surface area contributed by atoms with Crippen molar-refractivity contribution >= 4 is 17.7 Å². The molecule has 3 N–H and O–H groups in total. The van der Waals surface area contributed by atoms with E-state index >= 15 is 0 Å². The van der Waals surface area contributed by atoms with Crippen molar-refractivity contribution in [2.24, 2.45) is 11.1 Å². The van der Waals surface area contributed by atoms with Crippen molar-refractivity contribution in [3.8, 4) is 0 Å². The van der Waals surface area contributed by atoms with Crippen LogP contribution in [0.3, 0.4) is 0 Å². The van der Waals surface area contributed by atoms with E-state index in [-0.39, 0.29) is 11.3 Å². The van der Waals surface area contributed by atoms with E-state index in [4.69, 9.17) is 5.73 Å². The van der Waals surface area contributed by atoms with Gasteiger partial charge in [-0.15, -0.1) is 0 Å². The minimum atomic E-state index is -0.413. The molecule has 1 unspecified atom stereocenters. The lowest BCUT2D eigenvalue weighted by Crippen LogP contribution is -2.52. The fraction of sp³-hybridized carbons (Fsp3) is 0.909. The molecule has 2 atom stereocenters. The summed E-state index contributed by atoms with van der Waals surface area (Å²) in [4.78, 5) is 11.8. The van der Waals surface area contributed by atoms with Crippen molar-refractivity contribution in [2.75, 3.05) is 11.5 Å². The maximum absolute atomic E-state index is 11.8. The number of hydrogen-bond acceptors (Lipinski definition) is 3. The van der Waals surface area contributed by atoms with Crippen LogP contribution in [0, 0.1) is 5.41 Å². The summed E-state index contributed by atoms with van der Waals surface area (Å²) in [5.74, 6) is 2.25. The SMILES string of the molecule is CC(C)(C)[C@@H](N)C(=O)NC1CCCSC1. The molecule has 1 aliphatic rings. The molecule has 0 radical (unpaired) electrons. The van der Waals surface area contributed by atoms with E-state index in [1.807, 2.05) is 32.5 Å². The number of nitrogens with one attached hydrogen (secondary N) is 1. The molecule has 0 saturated carbocycles. The molecular weight excluding hydrogens is 208 g/mol. The Labute approximate surface area is 96.6 Å². The highest BCUT2D eigenvalue weighted by atomic mass is 32.2. The van der Waals surface area contributed by atoms with Crippen molar-refractivity contribution in [2.45, 2.75) is 45.7 Å². The number of hydrogen-bond donors (Lipinski definition) is 2. The molecule has 4 heteroatoms. The standard InChI is InChI=1S/C11H22N2OS/c1-11(2,3)9(12)10(14)13-8-5-4-6-15-7-8/h8-9H,4-7,12H2,1-3H3,(H,13,14)/t8?,9-/m0/s1. The number of thioether (sulfide) groups is 1. The summed E-state index contributed by atoms with van der Waals surface area (Å²) in [5.41, 5.74) is 5.73. The van der Waals surface area contributed by atoms with Gasteiger partial charge in [-0.3, -0.25) is 4.79 Å². The molecule has 1 rings (SSSR count). The first-order valence-corrected chi connectivity index (χ1v) is 6.70. The van der Waals surface area contributed by atoms with Gasteiger partial charge in [-0.1, -0.05) is 20.8 Å². The molecule has 0 bridgehead atoms. The van der Waals surface area contributed by atoms with E-state index in [1.165, 1.54) is 12.2 Å². The van der Waals surface area contributed by atoms with Crippen molar-refractivity contribution in [3.63, 3.8) is 0 Å². The van der Waals surface area contributed by atoms with E-state index < -0.39 is 6.04 Å². The van der Waals surface area contributed by atoms with Crippen LogP contribution in [0.2, 0.25) is 0 Å². The second-order valence-electron chi connectivity index (χ2n) is 5.27. The molecular formula is C11H22N2OS. The average Bonchev–Trinajstić information content (AvgIpc) is 2.16. The first kappa shape index (κ1) is 12.8. The zero-order valence-corrected chi connectivity index (χ0v) is 10.7. The summed E-state index contributed by atoms with van der Waals surface area (Å²) in [6.45, 7) is 5.98. The Kier molecular flexibility index (Phi) is 4.46. The first-order chi connectivity index (χ1) is 6.91. The molecule has 0 aliphatic carbocycles. The van der Waals surface area contributed by atoms with Crippen molar-refractivity contribution in [3.05, 3.63) is 0 Å². The van der Waals surface area contributed by atoms with Gasteiger partial charge in [-0.2, -0.15) is 11.8 Å². The van der Waals surface area contributed by atoms with Gasteiger partial charge in [0.1, 0.15) is 0 Å². The Morgan fingerprint density at radius 2 is 2.20 bits per heavy atom. The molecule has 15 heavy (non-hydrogen) atoms. The number of carbonyl (C=O) groups excluding carboxylic acids is 1. The second kappa shape index (κ2) is 5.21. The smallest absolute Gasteiger partial charge is 0.237 e. The van der Waals surface area contributed by atoms with Crippen LogP contribution in [-0.2, 0) is 4.79 Å². The van der Waals surface area contributed by atoms with Gasteiger partial charge in [0.25, 0.3) is 0 Å². The van der Waals surface area contributed by atoms with Crippen LogP contribution in [0.15, 0.2) is 0 Å². The first-order valence-electron chi connectivity index (χ1n) is 5.55. The van der Waals surface area contributed by atoms with Gasteiger partial charge < -0.3 is 11.1 Å². The Morgan fingerprint density at radius 1 is 1.53 bits per heavy atom. The minimum Gasteiger partial charge on any atom is -0.351 e. The monoisotopic (exact) mass is 230 g/mol. The second-order valence-corrected chi connectivity index (χ2v) is 6.42. The topological polar surface area (TPSA) is 55.1 Å². The summed E-state index contributed by atoms with van der Waals surface area (Å²) >= 11 is 1.91. The van der Waals surface area contributed by atoms with Crippen LogP contribution >= 0.6 is 11.8 Å². The van der Waals surface area contributed by atoms with Crippen molar-refractivity contribution in [1.82, 2.24) is 5.32 Å². The Balaban J connectivity index is 2.40. The highest BCUT2D eigenvalue weighted by molar-refractivity contribution is 7.99. The van der Waals surface area contributed by atoms with Gasteiger partial charge in [0, 0.05) is 11.8 Å². The third-order valence-electron chi connectivity index (χ3n) is 2.72. The zero-order valence-electron chi connectivity index (χ0n) is 9.88. The molecule has 0 spiro atoms. The average molecular weight is 230 g/mol. The third kappa shape index (κ3) is 4.03. The molecule has 0 aromatic carbocycles. The van der Waals surface area contributed by atoms with Gasteiger partial charge in [-0.05, 0) is 24.0 Å². The fourth-order valence-electron chi connectivity index (χ4n) is 1.54. The van der Waals surface area contributed by atoms with Crippen LogP contribution < -0.4 is 11.1 Å². The van der Waals surface area contributed by atoms with Gasteiger partial charge >= 0.3 is 0 Å². The molecule has 1 heterocycles. The summed E-state index contributed by atoms with van der Waals surface area (Å²) in [6.07, 6.45) is 2.29. The van der Waals surface area contributed by atoms with Crippen LogP contribution in [-0.4, -0.2) is 29.5 Å². The molecule has 88 valence electrons. The lowest BCUT2D eigenvalue weighted by Gasteiger charge is -2.29. The van der Waals surface area contributed by atoms with E-state index in [2.05, 4.69) is 5.32 Å². The predicted octanol–water partition coefficient (Wildman–Crippen LogP) is 1.37. The summed E-state index contributed by atoms with van der Waals surface area (Å²) in [6, 6.07) is -0.0888. The highest BCUT2D eigenvalue weighted by Gasteiger charge is 2.29. The molecule has 0 aromatic rings.